The van der Waals surface area contributed by atoms with Crippen LogP contribution < -0.4 is 11.1 Å². The largest absolute Gasteiger partial charge is 0.394 e. The molecule has 0 amide bonds. The third-order valence-corrected chi connectivity index (χ3v) is 3.49. The Hall–Kier alpha value is -1.95. The second kappa shape index (κ2) is 7.17. The van der Waals surface area contributed by atoms with Crippen LogP contribution in [-0.2, 0) is 6.42 Å². The van der Waals surface area contributed by atoms with Gasteiger partial charge in [-0.3, -0.25) is 4.98 Å². The third kappa shape index (κ3) is 3.78. The number of unbranched alkanes of at least 4 members (excludes halogenated alkanes) is 1. The molecule has 2 heterocycles. The van der Waals surface area contributed by atoms with Gasteiger partial charge in [-0.25, -0.2) is 4.98 Å². The number of rotatable bonds is 7. The van der Waals surface area contributed by atoms with Crippen LogP contribution >= 0.6 is 0 Å². The summed E-state index contributed by atoms with van der Waals surface area (Å²) in [6, 6.07) is 1.93. The van der Waals surface area contributed by atoms with E-state index in [1.807, 2.05) is 12.3 Å². The van der Waals surface area contributed by atoms with Crippen LogP contribution in [0, 0.1) is 0 Å². The summed E-state index contributed by atoms with van der Waals surface area (Å²) < 4.78 is 0. The zero-order valence-corrected chi connectivity index (χ0v) is 12.6. The predicted molar refractivity (Wildman–Crippen MR) is 85.1 cm³/mol. The minimum atomic E-state index is -0.0462. The number of hydrogen-bond donors (Lipinski definition) is 3. The summed E-state index contributed by atoms with van der Waals surface area (Å²) in [7, 11) is 0. The van der Waals surface area contributed by atoms with E-state index in [0.29, 0.717) is 11.3 Å². The van der Waals surface area contributed by atoms with Gasteiger partial charge in [-0.2, -0.15) is 4.98 Å². The van der Waals surface area contributed by atoms with Gasteiger partial charge in [-0.1, -0.05) is 26.7 Å². The first kappa shape index (κ1) is 15.4. The van der Waals surface area contributed by atoms with Crippen molar-refractivity contribution in [3.8, 4) is 0 Å². The van der Waals surface area contributed by atoms with Gasteiger partial charge in [0.15, 0.2) is 5.82 Å². The smallest absolute Gasteiger partial charge is 0.222 e. The number of fused-ring (bicyclic) bond motifs is 1. The molecule has 2 aromatic heterocycles. The monoisotopic (exact) mass is 289 g/mol. The fourth-order valence-electron chi connectivity index (χ4n) is 2.23. The molecule has 2 rings (SSSR count). The number of nitrogens with one attached hydrogen (secondary N) is 1. The second-order valence-electron chi connectivity index (χ2n) is 5.16. The van der Waals surface area contributed by atoms with Crippen molar-refractivity contribution in [2.45, 2.75) is 45.6 Å². The van der Waals surface area contributed by atoms with Crippen LogP contribution in [0.15, 0.2) is 12.3 Å². The number of hydrogen-bond acceptors (Lipinski definition) is 6. The first-order valence-electron chi connectivity index (χ1n) is 7.47. The van der Waals surface area contributed by atoms with Crippen molar-refractivity contribution < 1.29 is 5.11 Å². The van der Waals surface area contributed by atoms with E-state index >= 15 is 0 Å². The third-order valence-electron chi connectivity index (χ3n) is 3.49. The molecule has 0 aliphatic rings. The molecule has 6 heteroatoms. The fourth-order valence-corrected chi connectivity index (χ4v) is 2.23. The van der Waals surface area contributed by atoms with E-state index in [9.17, 15) is 5.11 Å². The Balaban J connectivity index is 2.33. The van der Waals surface area contributed by atoms with Gasteiger partial charge in [0.05, 0.1) is 18.2 Å². The molecule has 6 nitrogen and oxygen atoms in total. The van der Waals surface area contributed by atoms with Crippen LogP contribution in [0.4, 0.5) is 11.8 Å². The number of nitrogens with zero attached hydrogens (tertiary/aromatic N) is 3. The molecule has 4 N–H and O–H groups in total. The van der Waals surface area contributed by atoms with Crippen molar-refractivity contribution in [1.82, 2.24) is 15.0 Å². The number of anilines is 2. The maximum Gasteiger partial charge on any atom is 0.222 e. The summed E-state index contributed by atoms with van der Waals surface area (Å²) in [6.45, 7) is 4.25. The molecule has 0 fully saturated rings. The van der Waals surface area contributed by atoms with Gasteiger partial charge in [0.1, 0.15) is 5.52 Å². The Morgan fingerprint density at radius 2 is 2.14 bits per heavy atom. The summed E-state index contributed by atoms with van der Waals surface area (Å²) >= 11 is 0. The average molecular weight is 289 g/mol. The van der Waals surface area contributed by atoms with Crippen molar-refractivity contribution in [3.63, 3.8) is 0 Å². The summed E-state index contributed by atoms with van der Waals surface area (Å²) in [5.41, 5.74) is 8.31. The van der Waals surface area contributed by atoms with E-state index < -0.39 is 0 Å². The standard InChI is InChI=1S/C15H23N5O/c1-3-5-6-11(9-21)18-14-13-12(19-15(16)20-14)7-10(4-2)8-17-13/h7-8,11,21H,3-6,9H2,1-2H3,(H3,16,18,19,20)/t11-/m1/s1. The molecule has 0 bridgehead atoms. The summed E-state index contributed by atoms with van der Waals surface area (Å²) in [5, 5.41) is 12.7. The zero-order chi connectivity index (χ0) is 15.2. The van der Waals surface area contributed by atoms with Crippen LogP contribution in [0.3, 0.4) is 0 Å². The zero-order valence-electron chi connectivity index (χ0n) is 12.6. The van der Waals surface area contributed by atoms with Gasteiger partial charge < -0.3 is 16.2 Å². The maximum atomic E-state index is 9.48. The molecule has 1 atom stereocenters. The van der Waals surface area contributed by atoms with Gasteiger partial charge in [0.25, 0.3) is 0 Å². The molecule has 0 aromatic carbocycles. The number of pyridine rings is 1. The van der Waals surface area contributed by atoms with Crippen LogP contribution in [0.2, 0.25) is 0 Å². The summed E-state index contributed by atoms with van der Waals surface area (Å²) in [5.74, 6) is 0.808. The van der Waals surface area contributed by atoms with E-state index in [1.54, 1.807) is 0 Å². The maximum absolute atomic E-state index is 9.48. The van der Waals surface area contributed by atoms with Crippen LogP contribution in [-0.4, -0.2) is 32.7 Å². The first-order valence-corrected chi connectivity index (χ1v) is 7.47. The molecule has 0 saturated carbocycles. The highest BCUT2D eigenvalue weighted by molar-refractivity contribution is 5.86. The number of aromatic nitrogens is 3. The Morgan fingerprint density at radius 3 is 2.81 bits per heavy atom. The second-order valence-corrected chi connectivity index (χ2v) is 5.16. The lowest BCUT2D eigenvalue weighted by atomic mass is 10.1. The number of aryl methyl sites for hydroxylation is 1. The average Bonchev–Trinajstić information content (AvgIpc) is 2.50. The molecule has 2 aromatic rings. The Morgan fingerprint density at radius 1 is 1.33 bits per heavy atom. The van der Waals surface area contributed by atoms with Crippen LogP contribution in [0.5, 0.6) is 0 Å². The lowest BCUT2D eigenvalue weighted by Gasteiger charge is -2.17. The molecule has 0 spiro atoms. The van der Waals surface area contributed by atoms with E-state index in [2.05, 4.69) is 34.1 Å². The number of aliphatic hydroxyl groups is 1. The van der Waals surface area contributed by atoms with E-state index in [-0.39, 0.29) is 18.6 Å². The molecule has 0 aliphatic heterocycles. The van der Waals surface area contributed by atoms with E-state index in [4.69, 9.17) is 5.73 Å². The first-order chi connectivity index (χ1) is 10.2. The molecule has 21 heavy (non-hydrogen) atoms. The van der Waals surface area contributed by atoms with E-state index in [1.165, 1.54) is 0 Å². The van der Waals surface area contributed by atoms with Gasteiger partial charge in [-0.05, 0) is 24.5 Å². The highest BCUT2D eigenvalue weighted by Gasteiger charge is 2.13. The van der Waals surface area contributed by atoms with Crippen molar-refractivity contribution >= 4 is 22.8 Å². The molecule has 0 unspecified atom stereocenters. The minimum Gasteiger partial charge on any atom is -0.394 e. The molecule has 0 saturated heterocycles. The lowest BCUT2D eigenvalue weighted by molar-refractivity contribution is 0.267. The van der Waals surface area contributed by atoms with Crippen molar-refractivity contribution in [3.05, 3.63) is 17.8 Å². The predicted octanol–water partition coefficient (Wildman–Crippen LogP) is 2.13. The summed E-state index contributed by atoms with van der Waals surface area (Å²) in [4.78, 5) is 12.9. The summed E-state index contributed by atoms with van der Waals surface area (Å²) in [6.07, 6.45) is 5.73. The van der Waals surface area contributed by atoms with Crippen molar-refractivity contribution in [2.75, 3.05) is 17.7 Å². The minimum absolute atomic E-state index is 0.0462. The molecular formula is C15H23N5O. The molecular weight excluding hydrogens is 266 g/mol. The lowest BCUT2D eigenvalue weighted by Crippen LogP contribution is -2.24. The topological polar surface area (TPSA) is 97.0 Å². The Bertz CT molecular complexity index is 602. The van der Waals surface area contributed by atoms with Crippen molar-refractivity contribution in [2.24, 2.45) is 0 Å². The van der Waals surface area contributed by atoms with Gasteiger partial charge in [0.2, 0.25) is 5.95 Å². The van der Waals surface area contributed by atoms with Crippen LogP contribution in [0.1, 0.15) is 38.7 Å². The van der Waals surface area contributed by atoms with Gasteiger partial charge >= 0.3 is 0 Å². The van der Waals surface area contributed by atoms with Crippen molar-refractivity contribution in [1.29, 1.82) is 0 Å². The number of nitrogen functional groups attached to an aromatic ring is 1. The van der Waals surface area contributed by atoms with Gasteiger partial charge in [-0.15, -0.1) is 0 Å². The molecule has 0 radical (unpaired) electrons. The van der Waals surface area contributed by atoms with Gasteiger partial charge in [0, 0.05) is 6.20 Å². The Labute approximate surface area is 124 Å². The quantitative estimate of drug-likeness (QED) is 0.722. The number of aliphatic hydroxyl groups excluding tert-OH is 1. The fraction of sp³-hybridized carbons (Fsp3) is 0.533. The Kier molecular flexibility index (Phi) is 5.27. The SMILES string of the molecule is CCCC[C@H](CO)Nc1nc(N)nc2cc(CC)cnc12. The molecule has 114 valence electrons. The van der Waals surface area contributed by atoms with Crippen LogP contribution in [0.25, 0.3) is 11.0 Å². The highest BCUT2D eigenvalue weighted by atomic mass is 16.3. The normalized spacial score (nSPS) is 12.5. The molecule has 0 aliphatic carbocycles. The highest BCUT2D eigenvalue weighted by Crippen LogP contribution is 2.21. The van der Waals surface area contributed by atoms with E-state index in [0.717, 1.165) is 36.8 Å². The number of nitrogens with two attached hydrogens (primary N) is 1.